The van der Waals surface area contributed by atoms with Crippen LogP contribution in [-0.4, -0.2) is 43.9 Å². The molecule has 0 amide bonds. The number of benzene rings is 1. The summed E-state index contributed by atoms with van der Waals surface area (Å²) in [4.78, 5) is 11.9. The van der Waals surface area contributed by atoms with Gasteiger partial charge < -0.3 is 10.1 Å². The maximum Gasteiger partial charge on any atom is 0.293 e. The predicted octanol–water partition coefficient (Wildman–Crippen LogP) is 2.85. The molecular weight excluding hydrogens is 378 g/mol. The van der Waals surface area contributed by atoms with E-state index in [0.29, 0.717) is 13.2 Å². The Balaban J connectivity index is 1.90. The summed E-state index contributed by atoms with van der Waals surface area (Å²) >= 11 is 1.54. The van der Waals surface area contributed by atoms with Gasteiger partial charge in [0, 0.05) is 24.0 Å². The zero-order valence-electron chi connectivity index (χ0n) is 14.1. The van der Waals surface area contributed by atoms with Crippen LogP contribution in [0, 0.1) is 10.1 Å². The van der Waals surface area contributed by atoms with Gasteiger partial charge in [0.05, 0.1) is 29.1 Å². The van der Waals surface area contributed by atoms with Crippen molar-refractivity contribution in [1.82, 2.24) is 4.31 Å². The Bertz CT molecular complexity index is 877. The standard InChI is InChI=1S/C16H19N3O5S2/c1-12(16-3-2-10-25-16)17-14-5-4-13(11-15(14)19(20)21)26(22,23)18-6-8-24-9-7-18/h2-5,10-12,17H,6-9H2,1H3/t12-/m0/s1. The number of ether oxygens (including phenoxy) is 1. The van der Waals surface area contributed by atoms with Gasteiger partial charge >= 0.3 is 0 Å². The van der Waals surface area contributed by atoms with Gasteiger partial charge in [-0.25, -0.2) is 8.42 Å². The summed E-state index contributed by atoms with van der Waals surface area (Å²) in [7, 11) is -3.78. The molecule has 26 heavy (non-hydrogen) atoms. The van der Waals surface area contributed by atoms with Gasteiger partial charge in [-0.1, -0.05) is 6.07 Å². The minimum Gasteiger partial charge on any atom is -0.379 e. The number of hydrogen-bond acceptors (Lipinski definition) is 7. The van der Waals surface area contributed by atoms with Gasteiger partial charge in [0.25, 0.3) is 5.69 Å². The first-order chi connectivity index (χ1) is 12.4. The van der Waals surface area contributed by atoms with Crippen molar-refractivity contribution in [2.45, 2.75) is 17.9 Å². The molecule has 3 rings (SSSR count). The first-order valence-electron chi connectivity index (χ1n) is 8.06. The molecule has 1 saturated heterocycles. The molecule has 1 N–H and O–H groups in total. The molecule has 8 nitrogen and oxygen atoms in total. The lowest BCUT2D eigenvalue weighted by molar-refractivity contribution is -0.384. The van der Waals surface area contributed by atoms with Crippen LogP contribution in [-0.2, 0) is 14.8 Å². The summed E-state index contributed by atoms with van der Waals surface area (Å²) < 4.78 is 31.9. The number of rotatable bonds is 6. The van der Waals surface area contributed by atoms with Crippen LogP contribution in [0.15, 0.2) is 40.6 Å². The zero-order chi connectivity index (χ0) is 18.7. The molecule has 140 valence electrons. The van der Waals surface area contributed by atoms with Crippen molar-refractivity contribution in [3.8, 4) is 0 Å². The van der Waals surface area contributed by atoms with E-state index < -0.39 is 14.9 Å². The minimum absolute atomic E-state index is 0.0829. The van der Waals surface area contributed by atoms with Gasteiger partial charge in [-0.15, -0.1) is 11.3 Å². The largest absolute Gasteiger partial charge is 0.379 e. The lowest BCUT2D eigenvalue weighted by atomic mass is 10.2. The fourth-order valence-electron chi connectivity index (χ4n) is 2.72. The average molecular weight is 397 g/mol. The number of thiophene rings is 1. The molecule has 10 heteroatoms. The Morgan fingerprint density at radius 2 is 2.04 bits per heavy atom. The highest BCUT2D eigenvalue weighted by molar-refractivity contribution is 7.89. The number of anilines is 1. The zero-order valence-corrected chi connectivity index (χ0v) is 15.8. The van der Waals surface area contributed by atoms with Crippen molar-refractivity contribution >= 4 is 32.7 Å². The number of hydrogen-bond donors (Lipinski definition) is 1. The molecule has 1 atom stereocenters. The summed E-state index contributed by atoms with van der Waals surface area (Å²) in [6.45, 7) is 3.02. The Hall–Kier alpha value is -2.01. The number of nitrogens with one attached hydrogen (secondary N) is 1. The fraction of sp³-hybridized carbons (Fsp3) is 0.375. The van der Waals surface area contributed by atoms with Crippen LogP contribution in [0.2, 0.25) is 0 Å². The molecule has 0 aliphatic carbocycles. The lowest BCUT2D eigenvalue weighted by Gasteiger charge is -2.26. The van der Waals surface area contributed by atoms with Crippen LogP contribution in [0.1, 0.15) is 17.8 Å². The van der Waals surface area contributed by atoms with Crippen LogP contribution in [0.25, 0.3) is 0 Å². The molecule has 0 radical (unpaired) electrons. The van der Waals surface area contributed by atoms with Gasteiger partial charge in [0.2, 0.25) is 10.0 Å². The molecular formula is C16H19N3O5S2. The van der Waals surface area contributed by atoms with Crippen molar-refractivity contribution < 1.29 is 18.1 Å². The number of nitro benzene ring substituents is 1. The smallest absolute Gasteiger partial charge is 0.293 e. The first kappa shape index (κ1) is 18.8. The van der Waals surface area contributed by atoms with Crippen LogP contribution in [0.5, 0.6) is 0 Å². The summed E-state index contributed by atoms with van der Waals surface area (Å²) in [5.74, 6) is 0. The number of nitro groups is 1. The van der Waals surface area contributed by atoms with Crippen LogP contribution in [0.4, 0.5) is 11.4 Å². The molecule has 0 saturated carbocycles. The highest BCUT2D eigenvalue weighted by atomic mass is 32.2. The second kappa shape index (κ2) is 7.70. The van der Waals surface area contributed by atoms with E-state index >= 15 is 0 Å². The van der Waals surface area contributed by atoms with E-state index in [9.17, 15) is 18.5 Å². The van der Waals surface area contributed by atoms with Crippen LogP contribution >= 0.6 is 11.3 Å². The molecule has 1 aromatic carbocycles. The highest BCUT2D eigenvalue weighted by Crippen LogP contribution is 2.32. The van der Waals surface area contributed by atoms with E-state index in [2.05, 4.69) is 5.32 Å². The Morgan fingerprint density at radius 1 is 1.31 bits per heavy atom. The quantitative estimate of drug-likeness (QED) is 0.594. The second-order valence-electron chi connectivity index (χ2n) is 5.83. The van der Waals surface area contributed by atoms with E-state index in [1.807, 2.05) is 24.4 Å². The Morgan fingerprint density at radius 3 is 2.65 bits per heavy atom. The van der Waals surface area contributed by atoms with E-state index in [0.717, 1.165) is 10.9 Å². The molecule has 0 unspecified atom stereocenters. The third-order valence-corrected chi connectivity index (χ3v) is 7.07. The van der Waals surface area contributed by atoms with Crippen LogP contribution in [0.3, 0.4) is 0 Å². The Kier molecular flexibility index (Phi) is 5.56. The van der Waals surface area contributed by atoms with Crippen molar-refractivity contribution in [2.75, 3.05) is 31.6 Å². The van der Waals surface area contributed by atoms with E-state index in [-0.39, 0.29) is 35.4 Å². The van der Waals surface area contributed by atoms with Gasteiger partial charge in [-0.05, 0) is 30.5 Å². The number of nitrogens with zero attached hydrogens (tertiary/aromatic N) is 2. The van der Waals surface area contributed by atoms with Crippen molar-refractivity contribution in [3.63, 3.8) is 0 Å². The molecule has 2 aromatic rings. The summed E-state index contributed by atoms with van der Waals surface area (Å²) in [6.07, 6.45) is 0. The predicted molar refractivity (Wildman–Crippen MR) is 99.0 cm³/mol. The minimum atomic E-state index is -3.78. The third-order valence-electron chi connectivity index (χ3n) is 4.12. The van der Waals surface area contributed by atoms with Gasteiger partial charge in [-0.3, -0.25) is 10.1 Å². The fourth-order valence-corrected chi connectivity index (χ4v) is 4.89. The molecule has 0 bridgehead atoms. The summed E-state index contributed by atoms with van der Waals surface area (Å²) in [6, 6.07) is 7.69. The van der Waals surface area contributed by atoms with Crippen molar-refractivity contribution in [2.24, 2.45) is 0 Å². The van der Waals surface area contributed by atoms with E-state index in [1.54, 1.807) is 11.3 Å². The van der Waals surface area contributed by atoms with Gasteiger partial charge in [-0.2, -0.15) is 4.31 Å². The molecule has 1 aromatic heterocycles. The summed E-state index contributed by atoms with van der Waals surface area (Å²) in [5, 5.41) is 16.5. The SMILES string of the molecule is C[C@H](Nc1ccc(S(=O)(=O)N2CCOCC2)cc1[N+](=O)[O-])c1cccs1. The molecule has 0 spiro atoms. The number of sulfonamides is 1. The second-order valence-corrected chi connectivity index (χ2v) is 8.75. The monoisotopic (exact) mass is 397 g/mol. The maximum atomic E-state index is 12.7. The highest BCUT2D eigenvalue weighted by Gasteiger charge is 2.29. The van der Waals surface area contributed by atoms with Crippen molar-refractivity contribution in [3.05, 3.63) is 50.7 Å². The third kappa shape index (κ3) is 3.88. The molecule has 2 heterocycles. The maximum absolute atomic E-state index is 12.7. The summed E-state index contributed by atoms with van der Waals surface area (Å²) in [5.41, 5.74) is 0.0274. The average Bonchev–Trinajstić information content (AvgIpc) is 3.17. The molecule has 1 aliphatic heterocycles. The normalized spacial score (nSPS) is 17.0. The topological polar surface area (TPSA) is 102 Å². The number of morpholine rings is 1. The van der Waals surface area contributed by atoms with Gasteiger partial charge in [0.15, 0.2) is 0 Å². The molecule has 1 fully saturated rings. The molecule has 1 aliphatic rings. The Labute approximate surface area is 155 Å². The first-order valence-corrected chi connectivity index (χ1v) is 10.4. The van der Waals surface area contributed by atoms with Crippen molar-refractivity contribution in [1.29, 1.82) is 0 Å². The van der Waals surface area contributed by atoms with Crippen LogP contribution < -0.4 is 5.32 Å². The van der Waals surface area contributed by atoms with E-state index in [1.165, 1.54) is 16.4 Å². The lowest BCUT2D eigenvalue weighted by Crippen LogP contribution is -2.40. The van der Waals surface area contributed by atoms with Gasteiger partial charge in [0.1, 0.15) is 5.69 Å². The van der Waals surface area contributed by atoms with E-state index in [4.69, 9.17) is 4.74 Å².